The van der Waals surface area contributed by atoms with Crippen LogP contribution in [0, 0.1) is 0 Å². The maximum Gasteiger partial charge on any atom is 0.327 e. The molecule has 1 aliphatic rings. The Labute approximate surface area is 116 Å². The largest absolute Gasteiger partial charge is 0.387 e. The molecule has 0 saturated carbocycles. The predicted octanol–water partition coefficient (Wildman–Crippen LogP) is -1.08. The minimum Gasteiger partial charge on any atom is -0.387 e. The number of rotatable bonds is 5. The topological polar surface area (TPSA) is 123 Å². The first-order chi connectivity index (χ1) is 9.54. The highest BCUT2D eigenvalue weighted by atomic mass is 31.1. The van der Waals surface area contributed by atoms with Gasteiger partial charge in [-0.15, -0.1) is 0 Å². The summed E-state index contributed by atoms with van der Waals surface area (Å²) >= 11 is 0. The molecule has 1 saturated heterocycles. The Morgan fingerprint density at radius 1 is 1.50 bits per heavy atom. The molecule has 20 heavy (non-hydrogen) atoms. The second-order valence-electron chi connectivity index (χ2n) is 4.32. The molecule has 0 aliphatic carbocycles. The van der Waals surface area contributed by atoms with Crippen LogP contribution >= 0.6 is 8.69 Å². The molecule has 0 bridgehead atoms. The minimum absolute atomic E-state index is 0.129. The Morgan fingerprint density at radius 2 is 2.25 bits per heavy atom. The van der Waals surface area contributed by atoms with E-state index in [4.69, 9.17) is 10.5 Å². The van der Waals surface area contributed by atoms with Gasteiger partial charge >= 0.3 is 8.69 Å². The number of pyridine rings is 1. The van der Waals surface area contributed by atoms with Crippen molar-refractivity contribution in [3.63, 3.8) is 0 Å². The van der Waals surface area contributed by atoms with Crippen molar-refractivity contribution in [2.24, 2.45) is 5.73 Å². The van der Waals surface area contributed by atoms with Crippen molar-refractivity contribution < 1.29 is 33.4 Å². The molecule has 2 rings (SSSR count). The number of aliphatic hydroxyl groups is 2. The lowest BCUT2D eigenvalue weighted by molar-refractivity contribution is -0.765. The maximum absolute atomic E-state index is 11.1. The van der Waals surface area contributed by atoms with Gasteiger partial charge in [-0.2, -0.15) is 4.57 Å². The van der Waals surface area contributed by atoms with Gasteiger partial charge in [0.1, 0.15) is 17.8 Å². The Balaban J connectivity index is 2.18. The van der Waals surface area contributed by atoms with Crippen LogP contribution < -0.4 is 10.3 Å². The van der Waals surface area contributed by atoms with Crippen LogP contribution in [-0.4, -0.2) is 41.0 Å². The normalized spacial score (nSPS) is 29.7. The first-order valence-electron chi connectivity index (χ1n) is 5.81. The van der Waals surface area contributed by atoms with Gasteiger partial charge in [0.25, 0.3) is 12.1 Å². The molecule has 108 valence electrons. The minimum atomic E-state index is -1.21. The van der Waals surface area contributed by atoms with Crippen molar-refractivity contribution in [2.75, 3.05) is 6.61 Å². The highest BCUT2D eigenvalue weighted by Gasteiger charge is 2.48. The molecule has 2 heterocycles. The van der Waals surface area contributed by atoms with Crippen LogP contribution in [0.25, 0.3) is 0 Å². The third kappa shape index (κ3) is 3.00. The highest BCUT2D eigenvalue weighted by Crippen LogP contribution is 2.26. The van der Waals surface area contributed by atoms with E-state index in [-0.39, 0.29) is 12.2 Å². The molecule has 0 radical (unpaired) electrons. The number of carbonyl (C=O) groups is 1. The molecule has 4 atom stereocenters. The van der Waals surface area contributed by atoms with Crippen molar-refractivity contribution in [2.45, 2.75) is 24.5 Å². The fourth-order valence-electron chi connectivity index (χ4n) is 2.01. The van der Waals surface area contributed by atoms with Crippen LogP contribution in [0.3, 0.4) is 0 Å². The van der Waals surface area contributed by atoms with Crippen LogP contribution in [-0.2, 0) is 13.8 Å². The molecule has 1 fully saturated rings. The number of hydrogen-bond acceptors (Lipinski definition) is 6. The van der Waals surface area contributed by atoms with Gasteiger partial charge in [0.2, 0.25) is 0 Å². The van der Waals surface area contributed by atoms with Gasteiger partial charge < -0.3 is 20.7 Å². The van der Waals surface area contributed by atoms with Gasteiger partial charge in [0, 0.05) is 6.07 Å². The molecule has 8 nitrogen and oxygen atoms in total. The summed E-state index contributed by atoms with van der Waals surface area (Å²) in [6.07, 6.45) is -1.12. The molecule has 0 spiro atoms. The van der Waals surface area contributed by atoms with E-state index in [2.05, 4.69) is 4.52 Å². The number of ether oxygens (including phenoxy) is 1. The number of aliphatic hydroxyl groups excluding tert-OH is 2. The van der Waals surface area contributed by atoms with Crippen LogP contribution in [0.1, 0.15) is 16.6 Å². The fraction of sp³-hybridized carbons (Fsp3) is 0.455. The van der Waals surface area contributed by atoms with Crippen molar-refractivity contribution in [3.8, 4) is 0 Å². The number of primary amides is 1. The first kappa shape index (κ1) is 15.0. The van der Waals surface area contributed by atoms with E-state index >= 15 is 0 Å². The van der Waals surface area contributed by atoms with E-state index in [1.807, 2.05) is 0 Å². The van der Waals surface area contributed by atoms with E-state index in [0.717, 1.165) is 0 Å². The standard InChI is InChI=1S/C11H13N2O6P/c12-10(16)6-2-1-3-13(4-6)11-9(15)8(14)7(19-11)5-18-20-17/h1-4,7-9,11,14-15H,5H2,(H-,12,16)/p+1/t7-,8?,9+,11-/m1/s1. The zero-order valence-corrected chi connectivity index (χ0v) is 11.2. The average molecular weight is 301 g/mol. The molecule has 1 unspecified atom stereocenters. The maximum atomic E-state index is 11.1. The van der Waals surface area contributed by atoms with Gasteiger partial charge in [-0.05, 0) is 6.07 Å². The number of aromatic nitrogens is 1. The van der Waals surface area contributed by atoms with Crippen molar-refractivity contribution in [3.05, 3.63) is 30.1 Å². The molecule has 1 aromatic heterocycles. The summed E-state index contributed by atoms with van der Waals surface area (Å²) in [6, 6.07) is 3.09. The van der Waals surface area contributed by atoms with E-state index in [1.54, 1.807) is 12.3 Å². The quantitative estimate of drug-likeness (QED) is 0.469. The summed E-state index contributed by atoms with van der Waals surface area (Å²) in [5.74, 6) is -0.613. The van der Waals surface area contributed by atoms with E-state index in [0.29, 0.717) is 0 Å². The zero-order chi connectivity index (χ0) is 14.7. The predicted molar refractivity (Wildman–Crippen MR) is 64.6 cm³/mol. The van der Waals surface area contributed by atoms with Gasteiger partial charge in [-0.1, -0.05) is 0 Å². The molecule has 1 aliphatic heterocycles. The van der Waals surface area contributed by atoms with Crippen molar-refractivity contribution in [1.82, 2.24) is 0 Å². The summed E-state index contributed by atoms with van der Waals surface area (Å²) < 4.78 is 21.7. The third-order valence-electron chi connectivity index (χ3n) is 3.03. The van der Waals surface area contributed by atoms with Crippen LogP contribution in [0.15, 0.2) is 24.5 Å². The number of hydrogen-bond donors (Lipinski definition) is 3. The summed E-state index contributed by atoms with van der Waals surface area (Å²) in [7, 11) is -0.533. The molecule has 1 aromatic rings. The molecule has 4 N–H and O–H groups in total. The van der Waals surface area contributed by atoms with E-state index < -0.39 is 39.1 Å². The van der Waals surface area contributed by atoms with Crippen LogP contribution in [0.4, 0.5) is 0 Å². The molecule has 0 aromatic carbocycles. The molecular weight excluding hydrogens is 287 g/mol. The third-order valence-corrected chi connectivity index (χ3v) is 3.28. The van der Waals surface area contributed by atoms with Gasteiger partial charge in [0.05, 0.1) is 6.61 Å². The lowest BCUT2D eigenvalue weighted by atomic mass is 10.1. The molecular formula is C11H14N2O6P+. The number of nitrogens with two attached hydrogens (primary N) is 1. The number of nitrogens with zero attached hydrogens (tertiary/aromatic N) is 1. The average Bonchev–Trinajstić information content (AvgIpc) is 2.73. The Kier molecular flexibility index (Phi) is 4.74. The summed E-state index contributed by atoms with van der Waals surface area (Å²) in [5, 5.41) is 19.8. The first-order valence-corrected chi connectivity index (χ1v) is 6.54. The second kappa shape index (κ2) is 6.34. The molecule has 9 heteroatoms. The van der Waals surface area contributed by atoms with E-state index in [9.17, 15) is 19.6 Å². The Morgan fingerprint density at radius 3 is 2.90 bits per heavy atom. The number of carbonyl (C=O) groups excluding carboxylic acids is 1. The van der Waals surface area contributed by atoms with E-state index in [1.165, 1.54) is 16.8 Å². The molecule has 1 amide bonds. The second-order valence-corrected chi connectivity index (χ2v) is 4.73. The Bertz CT molecular complexity index is 513. The highest BCUT2D eigenvalue weighted by molar-refractivity contribution is 7.17. The summed E-state index contributed by atoms with van der Waals surface area (Å²) in [6.45, 7) is -0.129. The SMILES string of the molecule is NC(=O)c1ccc[n+]([C@@H]2O[C@H](COP=O)C(O)[C@@H]2O)c1. The lowest BCUT2D eigenvalue weighted by Crippen LogP contribution is -2.46. The van der Waals surface area contributed by atoms with Crippen molar-refractivity contribution in [1.29, 1.82) is 0 Å². The fourth-order valence-corrected chi connectivity index (χ4v) is 2.22. The monoisotopic (exact) mass is 301 g/mol. The van der Waals surface area contributed by atoms with Crippen molar-refractivity contribution >= 4 is 14.6 Å². The summed E-state index contributed by atoms with van der Waals surface area (Å²) in [4.78, 5) is 11.1. The zero-order valence-electron chi connectivity index (χ0n) is 10.3. The van der Waals surface area contributed by atoms with Crippen LogP contribution in [0.2, 0.25) is 0 Å². The van der Waals surface area contributed by atoms with Gasteiger partial charge in [-0.3, -0.25) is 9.32 Å². The van der Waals surface area contributed by atoms with Gasteiger partial charge in [0.15, 0.2) is 18.5 Å². The van der Waals surface area contributed by atoms with Crippen LogP contribution in [0.5, 0.6) is 0 Å². The van der Waals surface area contributed by atoms with Gasteiger partial charge in [-0.25, -0.2) is 4.57 Å². The summed E-state index contributed by atoms with van der Waals surface area (Å²) in [5.41, 5.74) is 5.42. The number of amides is 1. The Hall–Kier alpha value is -1.44. The lowest BCUT2D eigenvalue weighted by Gasteiger charge is -2.10. The smallest absolute Gasteiger partial charge is 0.327 e.